The predicted octanol–water partition coefficient (Wildman–Crippen LogP) is 2.70. The van der Waals surface area contributed by atoms with E-state index in [0.717, 1.165) is 5.56 Å². The van der Waals surface area contributed by atoms with Crippen LogP contribution >= 0.6 is 0 Å². The molecule has 1 amide bonds. The highest BCUT2D eigenvalue weighted by molar-refractivity contribution is 5.74. The zero-order chi connectivity index (χ0) is 14.4. The van der Waals surface area contributed by atoms with Crippen molar-refractivity contribution in [1.82, 2.24) is 5.32 Å². The summed E-state index contributed by atoms with van der Waals surface area (Å²) in [5.74, 6) is -0.296. The number of aryl methyl sites for hydroxylation is 1. The molecule has 3 N–H and O–H groups in total. The van der Waals surface area contributed by atoms with E-state index in [4.69, 9.17) is 5.73 Å². The van der Waals surface area contributed by atoms with Gasteiger partial charge in [0, 0.05) is 19.0 Å². The number of hydrogen-bond donors (Lipinski definition) is 2. The van der Waals surface area contributed by atoms with E-state index in [2.05, 4.69) is 36.5 Å². The van der Waals surface area contributed by atoms with Crippen LogP contribution in [0, 0.1) is 6.92 Å². The molecule has 2 aromatic carbocycles. The Hall–Kier alpha value is -2.13. The molecular formula is C17H20N2O. The van der Waals surface area contributed by atoms with Crippen LogP contribution in [0.3, 0.4) is 0 Å². The lowest BCUT2D eigenvalue weighted by Crippen LogP contribution is -2.26. The number of amides is 1. The maximum absolute atomic E-state index is 11.2. The van der Waals surface area contributed by atoms with Crippen LogP contribution in [0.5, 0.6) is 0 Å². The van der Waals surface area contributed by atoms with Crippen molar-refractivity contribution >= 4 is 5.91 Å². The molecule has 0 bridgehead atoms. The lowest BCUT2D eigenvalue weighted by Gasteiger charge is -2.18. The Morgan fingerprint density at radius 2 is 1.75 bits per heavy atom. The smallest absolute Gasteiger partial charge is 0.219 e. The van der Waals surface area contributed by atoms with Gasteiger partial charge in [0.15, 0.2) is 0 Å². The third kappa shape index (κ3) is 4.21. The molecule has 0 spiro atoms. The number of primary amides is 1. The van der Waals surface area contributed by atoms with Crippen molar-refractivity contribution in [2.75, 3.05) is 0 Å². The Morgan fingerprint density at radius 3 is 2.35 bits per heavy atom. The topological polar surface area (TPSA) is 55.1 Å². The van der Waals surface area contributed by atoms with Crippen molar-refractivity contribution in [3.05, 3.63) is 71.3 Å². The maximum Gasteiger partial charge on any atom is 0.219 e. The fraction of sp³-hybridized carbons (Fsp3) is 0.235. The molecule has 1 atom stereocenters. The minimum Gasteiger partial charge on any atom is -0.370 e. The summed E-state index contributed by atoms with van der Waals surface area (Å²) in [7, 11) is 0. The van der Waals surface area contributed by atoms with E-state index in [1.165, 1.54) is 11.1 Å². The summed E-state index contributed by atoms with van der Waals surface area (Å²) in [6, 6.07) is 18.2. The normalized spacial score (nSPS) is 12.1. The summed E-state index contributed by atoms with van der Waals surface area (Å²) < 4.78 is 0. The van der Waals surface area contributed by atoms with E-state index >= 15 is 0 Å². The molecule has 0 unspecified atom stereocenters. The summed E-state index contributed by atoms with van der Waals surface area (Å²) in [6.07, 6.45) is 0.301. The predicted molar refractivity (Wildman–Crippen MR) is 81.0 cm³/mol. The number of benzene rings is 2. The fourth-order valence-corrected chi connectivity index (χ4v) is 2.14. The molecule has 20 heavy (non-hydrogen) atoms. The second-order valence-electron chi connectivity index (χ2n) is 5.00. The van der Waals surface area contributed by atoms with Crippen molar-refractivity contribution < 1.29 is 4.79 Å². The van der Waals surface area contributed by atoms with Gasteiger partial charge in [-0.3, -0.25) is 4.79 Å². The van der Waals surface area contributed by atoms with Gasteiger partial charge in [-0.2, -0.15) is 0 Å². The Morgan fingerprint density at radius 1 is 1.10 bits per heavy atom. The standard InChI is InChI=1S/C17H20N2O/c1-13-7-9-14(10-8-13)12-19-16(11-17(18)20)15-5-3-2-4-6-15/h2-10,16,19H,11-12H2,1H3,(H2,18,20)/t16-/m0/s1. The zero-order valence-electron chi connectivity index (χ0n) is 11.7. The number of carbonyl (C=O) groups is 1. The van der Waals surface area contributed by atoms with Crippen molar-refractivity contribution in [3.8, 4) is 0 Å². The van der Waals surface area contributed by atoms with Gasteiger partial charge in [0.1, 0.15) is 0 Å². The highest BCUT2D eigenvalue weighted by atomic mass is 16.1. The molecule has 0 heterocycles. The molecule has 0 aliphatic heterocycles. The molecule has 2 rings (SSSR count). The van der Waals surface area contributed by atoms with Crippen LogP contribution < -0.4 is 11.1 Å². The molecule has 104 valence electrons. The van der Waals surface area contributed by atoms with E-state index in [1.54, 1.807) is 0 Å². The van der Waals surface area contributed by atoms with Crippen molar-refractivity contribution in [2.24, 2.45) is 5.73 Å². The van der Waals surface area contributed by atoms with E-state index in [0.29, 0.717) is 13.0 Å². The van der Waals surface area contributed by atoms with Crippen molar-refractivity contribution in [1.29, 1.82) is 0 Å². The fourth-order valence-electron chi connectivity index (χ4n) is 2.14. The quantitative estimate of drug-likeness (QED) is 0.846. The minimum absolute atomic E-state index is 0.0463. The van der Waals surface area contributed by atoms with E-state index in [-0.39, 0.29) is 11.9 Å². The summed E-state index contributed by atoms with van der Waals surface area (Å²) in [6.45, 7) is 2.78. The van der Waals surface area contributed by atoms with Crippen LogP contribution in [0.15, 0.2) is 54.6 Å². The third-order valence-electron chi connectivity index (χ3n) is 3.28. The van der Waals surface area contributed by atoms with Gasteiger partial charge < -0.3 is 11.1 Å². The largest absolute Gasteiger partial charge is 0.370 e. The summed E-state index contributed by atoms with van der Waals surface area (Å²) >= 11 is 0. The van der Waals surface area contributed by atoms with Gasteiger partial charge in [-0.1, -0.05) is 60.2 Å². The van der Waals surface area contributed by atoms with E-state index < -0.39 is 0 Å². The Balaban J connectivity index is 2.04. The maximum atomic E-state index is 11.2. The van der Waals surface area contributed by atoms with Crippen molar-refractivity contribution in [2.45, 2.75) is 25.9 Å². The molecule has 0 aromatic heterocycles. The van der Waals surface area contributed by atoms with E-state index in [1.807, 2.05) is 30.3 Å². The number of nitrogens with two attached hydrogens (primary N) is 1. The zero-order valence-corrected chi connectivity index (χ0v) is 11.7. The summed E-state index contributed by atoms with van der Waals surface area (Å²) in [4.78, 5) is 11.2. The second kappa shape index (κ2) is 6.87. The monoisotopic (exact) mass is 268 g/mol. The molecule has 3 nitrogen and oxygen atoms in total. The average molecular weight is 268 g/mol. The van der Waals surface area contributed by atoms with Crippen LogP contribution in [0.4, 0.5) is 0 Å². The average Bonchev–Trinajstić information content (AvgIpc) is 2.46. The van der Waals surface area contributed by atoms with Crippen LogP contribution in [-0.2, 0) is 11.3 Å². The molecule has 0 aliphatic carbocycles. The van der Waals surface area contributed by atoms with Crippen molar-refractivity contribution in [3.63, 3.8) is 0 Å². The number of hydrogen-bond acceptors (Lipinski definition) is 2. The van der Waals surface area contributed by atoms with Gasteiger partial charge in [0.25, 0.3) is 0 Å². The van der Waals surface area contributed by atoms with Gasteiger partial charge in [-0.05, 0) is 18.1 Å². The Labute approximate surface area is 119 Å². The molecule has 0 saturated heterocycles. The van der Waals surface area contributed by atoms with Gasteiger partial charge in [0.05, 0.1) is 0 Å². The Bertz CT molecular complexity index is 549. The number of carbonyl (C=O) groups excluding carboxylic acids is 1. The first-order chi connectivity index (χ1) is 9.65. The first kappa shape index (κ1) is 14.3. The highest BCUT2D eigenvalue weighted by Crippen LogP contribution is 2.17. The lowest BCUT2D eigenvalue weighted by molar-refractivity contribution is -0.118. The van der Waals surface area contributed by atoms with Crippen LogP contribution in [0.2, 0.25) is 0 Å². The molecule has 2 aromatic rings. The van der Waals surface area contributed by atoms with E-state index in [9.17, 15) is 4.79 Å². The van der Waals surface area contributed by atoms with Crippen LogP contribution in [0.1, 0.15) is 29.2 Å². The minimum atomic E-state index is -0.296. The molecule has 0 aliphatic rings. The second-order valence-corrected chi connectivity index (χ2v) is 5.00. The Kier molecular flexibility index (Phi) is 4.91. The first-order valence-electron chi connectivity index (χ1n) is 6.77. The van der Waals surface area contributed by atoms with Gasteiger partial charge >= 0.3 is 0 Å². The molecule has 0 saturated carbocycles. The summed E-state index contributed by atoms with van der Waals surface area (Å²) in [5, 5.41) is 3.40. The molecule has 3 heteroatoms. The number of nitrogens with one attached hydrogen (secondary N) is 1. The van der Waals surface area contributed by atoms with Gasteiger partial charge in [-0.15, -0.1) is 0 Å². The van der Waals surface area contributed by atoms with Gasteiger partial charge in [0.2, 0.25) is 5.91 Å². The van der Waals surface area contributed by atoms with Crippen LogP contribution in [0.25, 0.3) is 0 Å². The summed E-state index contributed by atoms with van der Waals surface area (Å²) in [5.41, 5.74) is 8.86. The third-order valence-corrected chi connectivity index (χ3v) is 3.28. The highest BCUT2D eigenvalue weighted by Gasteiger charge is 2.13. The SMILES string of the molecule is Cc1ccc(CN[C@@H](CC(N)=O)c2ccccc2)cc1. The molecule has 0 fully saturated rings. The first-order valence-corrected chi connectivity index (χ1v) is 6.77. The van der Waals surface area contributed by atoms with Crippen LogP contribution in [-0.4, -0.2) is 5.91 Å². The lowest BCUT2D eigenvalue weighted by atomic mass is 10.0. The molecule has 0 radical (unpaired) electrons. The molecular weight excluding hydrogens is 248 g/mol. The van der Waals surface area contributed by atoms with Gasteiger partial charge in [-0.25, -0.2) is 0 Å². The number of rotatable bonds is 6.